The molecular formula is C13H19O3. The fraction of sp³-hybridized carbons (Fsp3) is 0.462. The van der Waals surface area contributed by atoms with Gasteiger partial charge >= 0.3 is 0 Å². The van der Waals surface area contributed by atoms with Gasteiger partial charge in [0.1, 0.15) is 11.5 Å². The van der Waals surface area contributed by atoms with Gasteiger partial charge in [0.25, 0.3) is 0 Å². The van der Waals surface area contributed by atoms with Crippen LogP contribution in [0.2, 0.25) is 0 Å². The summed E-state index contributed by atoms with van der Waals surface area (Å²) >= 11 is 0. The Kier molecular flexibility index (Phi) is 5.12. The monoisotopic (exact) mass is 223 g/mol. The summed E-state index contributed by atoms with van der Waals surface area (Å²) in [6, 6.07) is 5.67. The van der Waals surface area contributed by atoms with Crippen LogP contribution in [0.4, 0.5) is 0 Å². The quantitative estimate of drug-likeness (QED) is 0.805. The second kappa shape index (κ2) is 6.38. The zero-order chi connectivity index (χ0) is 12.0. The first-order chi connectivity index (χ1) is 7.72. The maximum atomic E-state index is 9.13. The maximum absolute atomic E-state index is 9.13. The second-order valence-electron chi connectivity index (χ2n) is 3.46. The highest BCUT2D eigenvalue weighted by Gasteiger charge is 2.12. The third kappa shape index (κ3) is 3.14. The van der Waals surface area contributed by atoms with E-state index in [0.29, 0.717) is 13.2 Å². The summed E-state index contributed by atoms with van der Waals surface area (Å²) in [5.74, 6) is 2.45. The molecule has 0 saturated heterocycles. The summed E-state index contributed by atoms with van der Waals surface area (Å²) in [5.41, 5.74) is 0.938. The lowest BCUT2D eigenvalue weighted by Gasteiger charge is -2.15. The molecule has 1 radical (unpaired) electrons. The minimum atomic E-state index is 0.0358. The molecule has 0 saturated carbocycles. The minimum absolute atomic E-state index is 0.0358. The third-order valence-electron chi connectivity index (χ3n) is 2.26. The smallest absolute Gasteiger partial charge is 0.126 e. The number of benzene rings is 1. The fourth-order valence-electron chi connectivity index (χ4n) is 1.47. The molecule has 89 valence electrons. The summed E-state index contributed by atoms with van der Waals surface area (Å²) in [6.45, 7) is 7.03. The summed E-state index contributed by atoms with van der Waals surface area (Å²) in [6.07, 6.45) is 0. The van der Waals surface area contributed by atoms with Gasteiger partial charge in [-0.15, -0.1) is 0 Å². The van der Waals surface area contributed by atoms with Gasteiger partial charge in [-0.2, -0.15) is 0 Å². The van der Waals surface area contributed by atoms with Crippen molar-refractivity contribution >= 4 is 0 Å². The van der Waals surface area contributed by atoms with Crippen molar-refractivity contribution in [2.75, 3.05) is 19.8 Å². The maximum Gasteiger partial charge on any atom is 0.126 e. The number of hydrogen-bond acceptors (Lipinski definition) is 3. The lowest BCUT2D eigenvalue weighted by atomic mass is 10.0. The van der Waals surface area contributed by atoms with E-state index in [1.807, 2.05) is 39.0 Å². The number of aliphatic hydroxyl groups is 1. The van der Waals surface area contributed by atoms with Gasteiger partial charge in [0.05, 0.1) is 19.8 Å². The van der Waals surface area contributed by atoms with Gasteiger partial charge in [-0.3, -0.25) is 0 Å². The molecule has 0 unspecified atom stereocenters. The molecule has 3 nitrogen and oxygen atoms in total. The van der Waals surface area contributed by atoms with Crippen LogP contribution in [0.15, 0.2) is 18.2 Å². The molecule has 3 heteroatoms. The van der Waals surface area contributed by atoms with Crippen molar-refractivity contribution in [3.8, 4) is 11.5 Å². The Balaban J connectivity index is 2.98. The molecule has 1 aromatic rings. The first kappa shape index (κ1) is 12.8. The topological polar surface area (TPSA) is 38.7 Å². The summed E-state index contributed by atoms with van der Waals surface area (Å²) < 4.78 is 10.9. The van der Waals surface area contributed by atoms with E-state index in [1.54, 1.807) is 0 Å². The highest BCUT2D eigenvalue weighted by Crippen LogP contribution is 2.30. The number of rotatable bonds is 6. The van der Waals surface area contributed by atoms with Crippen molar-refractivity contribution in [1.29, 1.82) is 0 Å². The Labute approximate surface area is 97.0 Å². The number of hydrogen-bond donors (Lipinski definition) is 1. The largest absolute Gasteiger partial charge is 0.494 e. The van der Waals surface area contributed by atoms with E-state index in [0.717, 1.165) is 23.0 Å². The van der Waals surface area contributed by atoms with Crippen LogP contribution < -0.4 is 9.47 Å². The third-order valence-corrected chi connectivity index (χ3v) is 2.26. The first-order valence-electron chi connectivity index (χ1n) is 5.56. The van der Waals surface area contributed by atoms with Gasteiger partial charge < -0.3 is 14.6 Å². The van der Waals surface area contributed by atoms with Crippen LogP contribution in [0.1, 0.15) is 26.3 Å². The molecule has 0 aliphatic heterocycles. The molecule has 1 rings (SSSR count). The summed E-state index contributed by atoms with van der Waals surface area (Å²) in [7, 11) is 0. The highest BCUT2D eigenvalue weighted by molar-refractivity contribution is 5.47. The van der Waals surface area contributed by atoms with Crippen molar-refractivity contribution in [3.05, 3.63) is 29.7 Å². The summed E-state index contributed by atoms with van der Waals surface area (Å²) in [5, 5.41) is 9.13. The van der Waals surface area contributed by atoms with Crippen molar-refractivity contribution in [1.82, 2.24) is 0 Å². The molecule has 0 atom stereocenters. The van der Waals surface area contributed by atoms with Crippen molar-refractivity contribution < 1.29 is 14.6 Å². The molecule has 0 heterocycles. The van der Waals surface area contributed by atoms with E-state index < -0.39 is 0 Å². The molecule has 1 aromatic carbocycles. The molecule has 0 bridgehead atoms. The predicted octanol–water partition coefficient (Wildman–Crippen LogP) is 2.42. The average molecular weight is 223 g/mol. The van der Waals surface area contributed by atoms with Gasteiger partial charge in [0.2, 0.25) is 0 Å². The lowest BCUT2D eigenvalue weighted by Crippen LogP contribution is -2.05. The predicted molar refractivity (Wildman–Crippen MR) is 63.9 cm³/mol. The van der Waals surface area contributed by atoms with E-state index >= 15 is 0 Å². The van der Waals surface area contributed by atoms with Crippen LogP contribution in [0.3, 0.4) is 0 Å². The van der Waals surface area contributed by atoms with Crippen LogP contribution in [0.5, 0.6) is 11.5 Å². The van der Waals surface area contributed by atoms with Crippen LogP contribution in [0.25, 0.3) is 0 Å². The van der Waals surface area contributed by atoms with Crippen LogP contribution >= 0.6 is 0 Å². The zero-order valence-electron chi connectivity index (χ0n) is 10.1. The van der Waals surface area contributed by atoms with E-state index in [4.69, 9.17) is 14.6 Å². The Hall–Kier alpha value is -1.22. The molecule has 0 aliphatic carbocycles. The number of ether oxygens (including phenoxy) is 2. The Morgan fingerprint density at radius 2 is 1.88 bits per heavy atom. The van der Waals surface area contributed by atoms with E-state index in [2.05, 4.69) is 0 Å². The lowest BCUT2D eigenvalue weighted by molar-refractivity contribution is 0.304. The highest BCUT2D eigenvalue weighted by atomic mass is 16.5. The molecule has 0 amide bonds. The van der Waals surface area contributed by atoms with E-state index in [9.17, 15) is 0 Å². The van der Waals surface area contributed by atoms with E-state index in [1.165, 1.54) is 0 Å². The minimum Gasteiger partial charge on any atom is -0.494 e. The first-order valence-corrected chi connectivity index (χ1v) is 5.56. The van der Waals surface area contributed by atoms with Crippen molar-refractivity contribution in [2.45, 2.75) is 20.8 Å². The molecule has 1 N–H and O–H groups in total. The second-order valence-corrected chi connectivity index (χ2v) is 3.46. The summed E-state index contributed by atoms with van der Waals surface area (Å²) in [4.78, 5) is 0. The van der Waals surface area contributed by atoms with E-state index in [-0.39, 0.29) is 6.61 Å². The fourth-order valence-corrected chi connectivity index (χ4v) is 1.47. The standard InChI is InChI=1S/C13H19O3/c1-4-15-11-6-7-12(10(3)9-14)13(8-11)16-5-2/h6-8,14H,4-5,9H2,1-3H3. The van der Waals surface area contributed by atoms with Gasteiger partial charge in [0, 0.05) is 17.5 Å². The molecular weight excluding hydrogens is 204 g/mol. The van der Waals surface area contributed by atoms with Gasteiger partial charge in [-0.05, 0) is 19.9 Å². The Bertz CT molecular complexity index is 323. The molecule has 0 aromatic heterocycles. The zero-order valence-corrected chi connectivity index (χ0v) is 10.1. The average Bonchev–Trinajstić information content (AvgIpc) is 2.29. The van der Waals surface area contributed by atoms with Crippen LogP contribution in [-0.2, 0) is 0 Å². The van der Waals surface area contributed by atoms with Crippen molar-refractivity contribution in [3.63, 3.8) is 0 Å². The molecule has 16 heavy (non-hydrogen) atoms. The van der Waals surface area contributed by atoms with Gasteiger partial charge in [-0.25, -0.2) is 0 Å². The van der Waals surface area contributed by atoms with Crippen LogP contribution in [0, 0.1) is 5.92 Å². The Morgan fingerprint density at radius 3 is 2.44 bits per heavy atom. The molecule has 0 spiro atoms. The normalized spacial score (nSPS) is 10.6. The van der Waals surface area contributed by atoms with Crippen LogP contribution in [-0.4, -0.2) is 24.9 Å². The SMILES string of the molecule is CCOc1ccc([C](C)CO)c(OCC)c1. The van der Waals surface area contributed by atoms with Gasteiger partial charge in [0.15, 0.2) is 0 Å². The molecule has 0 aliphatic rings. The Morgan fingerprint density at radius 1 is 1.19 bits per heavy atom. The van der Waals surface area contributed by atoms with Gasteiger partial charge in [-0.1, -0.05) is 13.0 Å². The molecule has 0 fully saturated rings. The van der Waals surface area contributed by atoms with Crippen molar-refractivity contribution in [2.24, 2.45) is 0 Å². The number of aliphatic hydroxyl groups excluding tert-OH is 1.